The largest absolute Gasteiger partial charge is 0.501 e. The SMILES string of the molecule is C=C(OC)C(CC(=O)N1CCC(N2Cc3ccccc3NC2=O)CC1)Cc1cc(C)cc(/C=N\N)c1. The van der Waals surface area contributed by atoms with Crippen LogP contribution in [0.1, 0.15) is 41.5 Å². The lowest BCUT2D eigenvalue weighted by Crippen LogP contribution is -2.51. The number of nitrogens with zero attached hydrogens (tertiary/aromatic N) is 3. The van der Waals surface area contributed by atoms with Crippen LogP contribution in [0.25, 0.3) is 0 Å². The first kappa shape index (κ1) is 25.3. The van der Waals surface area contributed by atoms with Gasteiger partial charge in [0.2, 0.25) is 5.91 Å². The van der Waals surface area contributed by atoms with Gasteiger partial charge in [0, 0.05) is 43.7 Å². The molecule has 3 N–H and O–H groups in total. The van der Waals surface area contributed by atoms with E-state index in [1.165, 1.54) is 0 Å². The maximum Gasteiger partial charge on any atom is 0.322 e. The van der Waals surface area contributed by atoms with Crippen molar-refractivity contribution >= 4 is 23.8 Å². The number of fused-ring (bicyclic) bond motifs is 1. The molecule has 2 aromatic carbocycles. The van der Waals surface area contributed by atoms with Crippen LogP contribution in [0.4, 0.5) is 10.5 Å². The van der Waals surface area contributed by atoms with Crippen molar-refractivity contribution in [1.82, 2.24) is 9.80 Å². The minimum absolute atomic E-state index is 0.0628. The second-order valence-electron chi connectivity index (χ2n) is 9.63. The molecule has 8 nitrogen and oxygen atoms in total. The molecule has 2 heterocycles. The summed E-state index contributed by atoms with van der Waals surface area (Å²) in [5.41, 5.74) is 5.10. The number of ether oxygens (including phenoxy) is 1. The molecule has 0 aliphatic carbocycles. The Morgan fingerprint density at radius 1 is 1.28 bits per heavy atom. The first-order valence-electron chi connectivity index (χ1n) is 12.4. The number of hydrazone groups is 1. The quantitative estimate of drug-likeness (QED) is 0.253. The molecule has 0 spiro atoms. The number of urea groups is 1. The van der Waals surface area contributed by atoms with Gasteiger partial charge in [0.25, 0.3) is 0 Å². The van der Waals surface area contributed by atoms with Gasteiger partial charge >= 0.3 is 6.03 Å². The van der Waals surface area contributed by atoms with E-state index in [1.54, 1.807) is 13.3 Å². The van der Waals surface area contributed by atoms with E-state index in [4.69, 9.17) is 10.6 Å². The molecule has 8 heteroatoms. The molecule has 0 aromatic heterocycles. The van der Waals surface area contributed by atoms with Crippen LogP contribution < -0.4 is 11.2 Å². The summed E-state index contributed by atoms with van der Waals surface area (Å²) in [6.45, 7) is 7.94. The molecule has 0 radical (unpaired) electrons. The minimum atomic E-state index is -0.144. The molecule has 1 atom stereocenters. The van der Waals surface area contributed by atoms with E-state index in [1.807, 2.05) is 53.1 Å². The fraction of sp³-hybridized carbons (Fsp3) is 0.393. The fourth-order valence-electron chi connectivity index (χ4n) is 5.21. The molecule has 2 aliphatic heterocycles. The summed E-state index contributed by atoms with van der Waals surface area (Å²) >= 11 is 0. The lowest BCUT2D eigenvalue weighted by atomic mass is 9.91. The number of anilines is 1. The topological polar surface area (TPSA) is 100 Å². The molecule has 190 valence electrons. The van der Waals surface area contributed by atoms with E-state index >= 15 is 0 Å². The number of methoxy groups -OCH3 is 1. The molecule has 1 saturated heterocycles. The van der Waals surface area contributed by atoms with E-state index < -0.39 is 0 Å². The van der Waals surface area contributed by atoms with E-state index in [0.717, 1.165) is 40.8 Å². The molecule has 0 saturated carbocycles. The van der Waals surface area contributed by atoms with E-state index in [2.05, 4.69) is 23.1 Å². The number of nitrogens with two attached hydrogens (primary N) is 1. The van der Waals surface area contributed by atoms with Crippen LogP contribution in [0.3, 0.4) is 0 Å². The van der Waals surface area contributed by atoms with Crippen molar-refractivity contribution < 1.29 is 14.3 Å². The standard InChI is InChI=1S/C28H35N5O3/c1-19-12-21(14-22(13-19)17-30-29)15-24(20(2)36-3)16-27(34)32-10-8-25(9-11-32)33-18-23-6-4-5-7-26(23)31-28(33)35/h4-7,12-14,17,24-25H,2,8-11,15-16,18,29H2,1,3H3,(H,31,35)/b30-17-. The third kappa shape index (κ3) is 5.87. The van der Waals surface area contributed by atoms with Crippen molar-refractivity contribution in [2.45, 2.75) is 45.2 Å². The highest BCUT2D eigenvalue weighted by Gasteiger charge is 2.33. The Labute approximate surface area is 212 Å². The number of carbonyl (C=O) groups is 2. The van der Waals surface area contributed by atoms with Crippen molar-refractivity contribution in [2.75, 3.05) is 25.5 Å². The van der Waals surface area contributed by atoms with Crippen LogP contribution in [0.2, 0.25) is 0 Å². The van der Waals surface area contributed by atoms with E-state index in [-0.39, 0.29) is 23.9 Å². The summed E-state index contributed by atoms with van der Waals surface area (Å²) in [6.07, 6.45) is 4.10. The number of aryl methyl sites for hydroxylation is 1. The highest BCUT2D eigenvalue weighted by molar-refractivity contribution is 5.92. The van der Waals surface area contributed by atoms with Gasteiger partial charge in [-0.3, -0.25) is 4.79 Å². The van der Waals surface area contributed by atoms with E-state index in [0.29, 0.717) is 38.2 Å². The Hall–Kier alpha value is -3.81. The summed E-state index contributed by atoms with van der Waals surface area (Å²) in [7, 11) is 1.59. The number of hydrogen-bond acceptors (Lipinski definition) is 5. The van der Waals surface area contributed by atoms with Crippen molar-refractivity contribution in [3.63, 3.8) is 0 Å². The average molecular weight is 490 g/mol. The van der Waals surface area contributed by atoms with Gasteiger partial charge in [-0.2, -0.15) is 5.10 Å². The van der Waals surface area contributed by atoms with Crippen molar-refractivity contribution in [1.29, 1.82) is 0 Å². The molecule has 2 aromatic rings. The second-order valence-corrected chi connectivity index (χ2v) is 9.63. The van der Waals surface area contributed by atoms with Crippen molar-refractivity contribution in [3.8, 4) is 0 Å². The minimum Gasteiger partial charge on any atom is -0.501 e. The van der Waals surface area contributed by atoms with E-state index in [9.17, 15) is 9.59 Å². The monoisotopic (exact) mass is 489 g/mol. The summed E-state index contributed by atoms with van der Waals surface area (Å²) in [5.74, 6) is 5.86. The third-order valence-corrected chi connectivity index (χ3v) is 7.12. The van der Waals surface area contributed by atoms with Crippen LogP contribution in [0.15, 0.2) is 59.9 Å². The van der Waals surface area contributed by atoms with Gasteiger partial charge in [-0.25, -0.2) is 4.79 Å². The summed E-state index contributed by atoms with van der Waals surface area (Å²) in [6, 6.07) is 14.1. The molecule has 0 bridgehead atoms. The number of piperidine rings is 1. The Balaban J connectivity index is 1.36. The average Bonchev–Trinajstić information content (AvgIpc) is 2.87. The molecule has 3 amide bonds. The first-order valence-corrected chi connectivity index (χ1v) is 12.4. The zero-order valence-corrected chi connectivity index (χ0v) is 21.1. The Morgan fingerprint density at radius 3 is 2.75 bits per heavy atom. The maximum absolute atomic E-state index is 13.3. The number of carbonyl (C=O) groups excluding carboxylic acids is 2. The molecule has 1 fully saturated rings. The van der Waals surface area contributed by atoms with Crippen LogP contribution in [-0.4, -0.2) is 54.2 Å². The summed E-state index contributed by atoms with van der Waals surface area (Å²) in [5, 5.41) is 6.62. The van der Waals surface area contributed by atoms with Gasteiger partial charge in [-0.15, -0.1) is 0 Å². The molecule has 1 unspecified atom stereocenters. The van der Waals surface area contributed by atoms with Crippen LogP contribution >= 0.6 is 0 Å². The predicted octanol–water partition coefficient (Wildman–Crippen LogP) is 4.04. The highest BCUT2D eigenvalue weighted by Crippen LogP contribution is 2.29. The van der Waals surface area contributed by atoms with Crippen molar-refractivity contribution in [2.24, 2.45) is 16.9 Å². The molecular formula is C28H35N5O3. The van der Waals surface area contributed by atoms with Gasteiger partial charge in [0.05, 0.1) is 19.1 Å². The van der Waals surface area contributed by atoms with Gasteiger partial charge in [0.15, 0.2) is 0 Å². The summed E-state index contributed by atoms with van der Waals surface area (Å²) < 4.78 is 5.46. The molecule has 4 rings (SSSR count). The van der Waals surface area contributed by atoms with Crippen LogP contribution in [0, 0.1) is 12.8 Å². The fourth-order valence-corrected chi connectivity index (χ4v) is 5.21. The van der Waals surface area contributed by atoms with Crippen molar-refractivity contribution in [3.05, 3.63) is 77.1 Å². The number of rotatable bonds is 8. The zero-order valence-electron chi connectivity index (χ0n) is 21.1. The van der Waals surface area contributed by atoms with Crippen LogP contribution in [-0.2, 0) is 22.5 Å². The van der Waals surface area contributed by atoms with Gasteiger partial charge in [-0.05, 0) is 48.9 Å². The number of amides is 3. The maximum atomic E-state index is 13.3. The van der Waals surface area contributed by atoms with Gasteiger partial charge in [-0.1, -0.05) is 48.5 Å². The predicted molar refractivity (Wildman–Crippen MR) is 142 cm³/mol. The van der Waals surface area contributed by atoms with Gasteiger partial charge in [0.1, 0.15) is 0 Å². The Morgan fingerprint density at radius 2 is 2.03 bits per heavy atom. The lowest BCUT2D eigenvalue weighted by Gasteiger charge is -2.40. The lowest BCUT2D eigenvalue weighted by molar-refractivity contribution is -0.133. The second kappa shape index (κ2) is 11.3. The Bertz CT molecular complexity index is 1150. The molecule has 2 aliphatic rings. The first-order chi connectivity index (χ1) is 17.4. The highest BCUT2D eigenvalue weighted by atomic mass is 16.5. The smallest absolute Gasteiger partial charge is 0.322 e. The molecule has 36 heavy (non-hydrogen) atoms. The number of para-hydroxylation sites is 1. The number of benzene rings is 2. The number of allylic oxidation sites excluding steroid dienone is 1. The van der Waals surface area contributed by atoms with Crippen LogP contribution in [0.5, 0.6) is 0 Å². The Kier molecular flexibility index (Phi) is 7.93. The summed E-state index contributed by atoms with van der Waals surface area (Å²) in [4.78, 5) is 29.8. The number of likely N-dealkylation sites (tertiary alicyclic amines) is 1. The van der Waals surface area contributed by atoms with Gasteiger partial charge < -0.3 is 25.7 Å². The normalized spacial score (nSPS) is 17.0. The number of hydrogen-bond donors (Lipinski definition) is 2. The molecular weight excluding hydrogens is 454 g/mol. The number of nitrogens with one attached hydrogen (secondary N) is 1. The third-order valence-electron chi connectivity index (χ3n) is 7.12. The zero-order chi connectivity index (χ0) is 25.7.